The zero-order valence-corrected chi connectivity index (χ0v) is 11.8. The van der Waals surface area contributed by atoms with Crippen LogP contribution >= 0.6 is 0 Å². The summed E-state index contributed by atoms with van der Waals surface area (Å²) in [7, 11) is 1.77. The van der Waals surface area contributed by atoms with Crippen molar-refractivity contribution in [2.24, 2.45) is 0 Å². The van der Waals surface area contributed by atoms with E-state index >= 15 is 0 Å². The zero-order valence-electron chi connectivity index (χ0n) is 11.8. The average Bonchev–Trinajstić information content (AvgIpc) is 2.47. The van der Waals surface area contributed by atoms with Gasteiger partial charge in [-0.15, -0.1) is 0 Å². The molecule has 0 saturated heterocycles. The van der Waals surface area contributed by atoms with E-state index in [-0.39, 0.29) is 11.7 Å². The number of rotatable bonds is 3. The van der Waals surface area contributed by atoms with Crippen LogP contribution in [0, 0.1) is 13.8 Å². The van der Waals surface area contributed by atoms with Gasteiger partial charge in [0, 0.05) is 24.0 Å². The second kappa shape index (κ2) is 5.65. The van der Waals surface area contributed by atoms with Gasteiger partial charge in [-0.3, -0.25) is 4.79 Å². The van der Waals surface area contributed by atoms with Gasteiger partial charge in [0.05, 0.1) is 5.56 Å². The van der Waals surface area contributed by atoms with Crippen LogP contribution in [0.3, 0.4) is 0 Å². The van der Waals surface area contributed by atoms with E-state index in [2.05, 4.69) is 10.6 Å². The normalized spacial score (nSPS) is 10.2. The lowest BCUT2D eigenvalue weighted by molar-refractivity contribution is 0.102. The van der Waals surface area contributed by atoms with Gasteiger partial charge in [0.25, 0.3) is 5.91 Å². The Bertz CT molecular complexity index is 651. The highest BCUT2D eigenvalue weighted by atomic mass is 16.3. The second-order valence-electron chi connectivity index (χ2n) is 4.65. The van der Waals surface area contributed by atoms with Crippen LogP contribution in [-0.4, -0.2) is 18.1 Å². The Balaban J connectivity index is 2.31. The number of anilines is 2. The Morgan fingerprint density at radius 3 is 2.45 bits per heavy atom. The molecule has 4 heteroatoms. The molecule has 4 nitrogen and oxygen atoms in total. The van der Waals surface area contributed by atoms with E-state index in [0.29, 0.717) is 16.8 Å². The number of hydrogen-bond acceptors (Lipinski definition) is 3. The van der Waals surface area contributed by atoms with Crippen LogP contribution in [0.5, 0.6) is 5.75 Å². The molecule has 0 aromatic heterocycles. The van der Waals surface area contributed by atoms with Crippen LogP contribution in [0.2, 0.25) is 0 Å². The van der Waals surface area contributed by atoms with Gasteiger partial charge >= 0.3 is 0 Å². The number of benzene rings is 2. The molecule has 2 aromatic carbocycles. The smallest absolute Gasteiger partial charge is 0.257 e. The highest BCUT2D eigenvalue weighted by Gasteiger charge is 2.13. The molecular weight excluding hydrogens is 252 g/mol. The van der Waals surface area contributed by atoms with Gasteiger partial charge < -0.3 is 15.7 Å². The summed E-state index contributed by atoms with van der Waals surface area (Å²) in [5.41, 5.74) is 3.40. The van der Waals surface area contributed by atoms with Crippen molar-refractivity contribution in [1.82, 2.24) is 0 Å². The Morgan fingerprint density at radius 1 is 1.05 bits per heavy atom. The lowest BCUT2D eigenvalue weighted by Crippen LogP contribution is -2.14. The molecule has 0 aliphatic carbocycles. The third-order valence-electron chi connectivity index (χ3n) is 3.32. The molecule has 20 heavy (non-hydrogen) atoms. The van der Waals surface area contributed by atoms with E-state index < -0.39 is 0 Å². The van der Waals surface area contributed by atoms with Gasteiger partial charge in [0.15, 0.2) is 0 Å². The summed E-state index contributed by atoms with van der Waals surface area (Å²) in [4.78, 5) is 12.3. The number of aryl methyl sites for hydroxylation is 1. The van der Waals surface area contributed by atoms with Gasteiger partial charge in [0.2, 0.25) is 0 Å². The fourth-order valence-corrected chi connectivity index (χ4v) is 2.06. The number of nitrogens with one attached hydrogen (secondary N) is 2. The number of amides is 1. The Hall–Kier alpha value is -2.49. The molecule has 0 saturated carbocycles. The van der Waals surface area contributed by atoms with Crippen molar-refractivity contribution in [1.29, 1.82) is 0 Å². The van der Waals surface area contributed by atoms with E-state index in [4.69, 9.17) is 0 Å². The van der Waals surface area contributed by atoms with Crippen LogP contribution in [0.25, 0.3) is 0 Å². The first-order valence-corrected chi connectivity index (χ1v) is 6.42. The van der Waals surface area contributed by atoms with Crippen LogP contribution in [0.1, 0.15) is 21.5 Å². The van der Waals surface area contributed by atoms with Crippen molar-refractivity contribution < 1.29 is 9.90 Å². The van der Waals surface area contributed by atoms with Crippen molar-refractivity contribution in [3.8, 4) is 5.75 Å². The van der Waals surface area contributed by atoms with Crippen molar-refractivity contribution in [2.45, 2.75) is 13.8 Å². The third kappa shape index (κ3) is 2.59. The van der Waals surface area contributed by atoms with Crippen molar-refractivity contribution in [3.63, 3.8) is 0 Å². The average molecular weight is 270 g/mol. The summed E-state index contributed by atoms with van der Waals surface area (Å²) < 4.78 is 0. The highest BCUT2D eigenvalue weighted by molar-refractivity contribution is 6.08. The first kappa shape index (κ1) is 13.9. The van der Waals surface area contributed by atoms with E-state index in [9.17, 15) is 9.90 Å². The summed E-state index contributed by atoms with van der Waals surface area (Å²) in [5, 5.41) is 15.7. The number of hydrogen-bond donors (Lipinski definition) is 3. The van der Waals surface area contributed by atoms with Crippen LogP contribution in [0.15, 0.2) is 36.4 Å². The van der Waals surface area contributed by atoms with Crippen molar-refractivity contribution in [3.05, 3.63) is 53.1 Å². The monoisotopic (exact) mass is 270 g/mol. The van der Waals surface area contributed by atoms with Gasteiger partial charge in [-0.1, -0.05) is 18.2 Å². The number of phenolic OH excluding ortho intramolecular Hbond substituents is 1. The molecule has 2 rings (SSSR count). The van der Waals surface area contributed by atoms with Gasteiger partial charge in [-0.2, -0.15) is 0 Å². The molecule has 0 fully saturated rings. The summed E-state index contributed by atoms with van der Waals surface area (Å²) in [5.74, 6) is 0.00556. The van der Waals surface area contributed by atoms with Gasteiger partial charge in [0.1, 0.15) is 5.75 Å². The Morgan fingerprint density at radius 2 is 1.75 bits per heavy atom. The zero-order chi connectivity index (χ0) is 14.7. The number of carbonyl (C=O) groups is 1. The first-order chi connectivity index (χ1) is 9.54. The molecule has 0 heterocycles. The lowest BCUT2D eigenvalue weighted by Gasteiger charge is -2.13. The molecule has 0 atom stereocenters. The van der Waals surface area contributed by atoms with E-state index in [1.807, 2.05) is 25.1 Å². The summed E-state index contributed by atoms with van der Waals surface area (Å²) in [6, 6.07) is 10.9. The number of carbonyl (C=O) groups excluding carboxylic acids is 1. The molecule has 3 N–H and O–H groups in total. The maximum atomic E-state index is 12.3. The van der Waals surface area contributed by atoms with Gasteiger partial charge in [-0.05, 0) is 37.6 Å². The fourth-order valence-electron chi connectivity index (χ4n) is 2.06. The fraction of sp³-hybridized carbons (Fsp3) is 0.188. The minimum atomic E-state index is -0.207. The molecule has 2 aromatic rings. The van der Waals surface area contributed by atoms with Crippen molar-refractivity contribution >= 4 is 17.3 Å². The lowest BCUT2D eigenvalue weighted by atomic mass is 10.1. The van der Waals surface area contributed by atoms with E-state index in [1.165, 1.54) is 0 Å². The maximum absolute atomic E-state index is 12.3. The van der Waals surface area contributed by atoms with Gasteiger partial charge in [-0.25, -0.2) is 0 Å². The molecule has 0 spiro atoms. The Labute approximate surface area is 118 Å². The molecular formula is C16H18N2O2. The molecule has 0 aliphatic rings. The van der Waals surface area contributed by atoms with Crippen LogP contribution in [-0.2, 0) is 0 Å². The number of para-hydroxylation sites is 1. The first-order valence-electron chi connectivity index (χ1n) is 6.42. The quantitative estimate of drug-likeness (QED) is 0.802. The number of aromatic hydroxyl groups is 1. The predicted octanol–water partition coefficient (Wildman–Crippen LogP) is 3.30. The minimum absolute atomic E-state index is 0.207. The summed E-state index contributed by atoms with van der Waals surface area (Å²) in [6.45, 7) is 3.60. The largest absolute Gasteiger partial charge is 0.507 e. The third-order valence-corrected chi connectivity index (χ3v) is 3.32. The van der Waals surface area contributed by atoms with Crippen molar-refractivity contribution in [2.75, 3.05) is 17.7 Å². The molecule has 0 unspecified atom stereocenters. The standard InChI is InChI=1S/C16H18N2O2/c1-10-8-9-13(11(2)15(10)19)18-16(20)12-6-4-5-7-14(12)17-3/h4-9,17,19H,1-3H3,(H,18,20). The SMILES string of the molecule is CNc1ccccc1C(=O)Nc1ccc(C)c(O)c1C. The maximum Gasteiger partial charge on any atom is 0.257 e. The van der Waals surface area contributed by atoms with E-state index in [0.717, 1.165) is 11.3 Å². The molecule has 1 amide bonds. The van der Waals surface area contributed by atoms with Crippen LogP contribution in [0.4, 0.5) is 11.4 Å². The molecule has 0 aliphatic heterocycles. The molecule has 104 valence electrons. The number of phenols is 1. The highest BCUT2D eigenvalue weighted by Crippen LogP contribution is 2.28. The molecule has 0 radical (unpaired) electrons. The minimum Gasteiger partial charge on any atom is -0.507 e. The molecule has 0 bridgehead atoms. The van der Waals surface area contributed by atoms with E-state index in [1.54, 1.807) is 32.2 Å². The topological polar surface area (TPSA) is 61.4 Å². The Kier molecular flexibility index (Phi) is 3.94. The summed E-state index contributed by atoms with van der Waals surface area (Å²) in [6.07, 6.45) is 0. The predicted molar refractivity (Wildman–Crippen MR) is 81.5 cm³/mol. The second-order valence-corrected chi connectivity index (χ2v) is 4.65. The van der Waals surface area contributed by atoms with Crippen LogP contribution < -0.4 is 10.6 Å². The summed E-state index contributed by atoms with van der Waals surface area (Å²) >= 11 is 0.